The van der Waals surface area contributed by atoms with Crippen LogP contribution in [0.2, 0.25) is 0 Å². The minimum atomic E-state index is 0.543. The molecule has 18 heavy (non-hydrogen) atoms. The van der Waals surface area contributed by atoms with Gasteiger partial charge in [0.15, 0.2) is 0 Å². The molecule has 2 heteroatoms. The average Bonchev–Trinajstić information content (AvgIpc) is 2.39. The molecule has 1 N–H and O–H groups in total. The summed E-state index contributed by atoms with van der Waals surface area (Å²) < 4.78 is 0. The van der Waals surface area contributed by atoms with E-state index in [1.165, 1.54) is 5.56 Å². The average molecular weight is 236 g/mol. The monoisotopic (exact) mass is 236 g/mol. The maximum Gasteiger partial charge on any atom is 0.0992 e. The van der Waals surface area contributed by atoms with E-state index in [4.69, 9.17) is 5.26 Å². The molecule has 0 saturated carbocycles. The van der Waals surface area contributed by atoms with Crippen molar-refractivity contribution in [3.8, 4) is 6.07 Å². The summed E-state index contributed by atoms with van der Waals surface area (Å²) in [6.45, 7) is 4.36. The zero-order valence-electron chi connectivity index (χ0n) is 10.6. The molecule has 0 aromatic heterocycles. The fourth-order valence-corrected chi connectivity index (χ4v) is 1.78. The SMILES string of the molecule is CC(C)c1ccc(Nc2cccc(C#N)c2)cc1. The standard InChI is InChI=1S/C16H16N2/c1-12(2)14-6-8-15(9-7-14)18-16-5-3-4-13(10-16)11-17/h3-10,12,18H,1-2H3. The topological polar surface area (TPSA) is 35.8 Å². The third-order valence-electron chi connectivity index (χ3n) is 2.86. The molecular weight excluding hydrogens is 220 g/mol. The van der Waals surface area contributed by atoms with Gasteiger partial charge in [-0.2, -0.15) is 5.26 Å². The minimum Gasteiger partial charge on any atom is -0.355 e. The van der Waals surface area contributed by atoms with Gasteiger partial charge in [0.05, 0.1) is 11.6 Å². The van der Waals surface area contributed by atoms with E-state index in [2.05, 4.69) is 49.5 Å². The van der Waals surface area contributed by atoms with Crippen molar-refractivity contribution in [3.63, 3.8) is 0 Å². The Balaban J connectivity index is 2.16. The Morgan fingerprint density at radius 1 is 1.00 bits per heavy atom. The first-order valence-corrected chi connectivity index (χ1v) is 6.06. The van der Waals surface area contributed by atoms with Crippen molar-refractivity contribution >= 4 is 11.4 Å². The van der Waals surface area contributed by atoms with Gasteiger partial charge in [0.25, 0.3) is 0 Å². The van der Waals surface area contributed by atoms with Gasteiger partial charge in [0, 0.05) is 11.4 Å². The van der Waals surface area contributed by atoms with Gasteiger partial charge < -0.3 is 5.32 Å². The molecule has 0 saturated heterocycles. The van der Waals surface area contributed by atoms with Crippen molar-refractivity contribution in [2.24, 2.45) is 0 Å². The fourth-order valence-electron chi connectivity index (χ4n) is 1.78. The molecule has 0 amide bonds. The zero-order chi connectivity index (χ0) is 13.0. The van der Waals surface area contributed by atoms with Crippen LogP contribution in [-0.4, -0.2) is 0 Å². The van der Waals surface area contributed by atoms with Crippen molar-refractivity contribution in [1.29, 1.82) is 5.26 Å². The molecule has 0 spiro atoms. The first-order valence-electron chi connectivity index (χ1n) is 6.06. The molecule has 2 rings (SSSR count). The van der Waals surface area contributed by atoms with E-state index in [1.807, 2.05) is 18.2 Å². The third kappa shape index (κ3) is 2.89. The van der Waals surface area contributed by atoms with Crippen molar-refractivity contribution in [3.05, 3.63) is 59.7 Å². The zero-order valence-corrected chi connectivity index (χ0v) is 10.6. The molecule has 2 aromatic carbocycles. The van der Waals surface area contributed by atoms with Crippen LogP contribution in [0.1, 0.15) is 30.9 Å². The number of nitriles is 1. The van der Waals surface area contributed by atoms with Gasteiger partial charge >= 0.3 is 0 Å². The molecule has 0 aliphatic carbocycles. The molecule has 0 unspecified atom stereocenters. The molecule has 2 nitrogen and oxygen atoms in total. The van der Waals surface area contributed by atoms with Gasteiger partial charge in [-0.3, -0.25) is 0 Å². The predicted molar refractivity (Wildman–Crippen MR) is 75.0 cm³/mol. The van der Waals surface area contributed by atoms with Crippen LogP contribution in [0.25, 0.3) is 0 Å². The van der Waals surface area contributed by atoms with E-state index in [9.17, 15) is 0 Å². The largest absolute Gasteiger partial charge is 0.355 e. The highest BCUT2D eigenvalue weighted by atomic mass is 14.9. The van der Waals surface area contributed by atoms with E-state index < -0.39 is 0 Å². The second kappa shape index (κ2) is 5.37. The van der Waals surface area contributed by atoms with Crippen LogP contribution in [-0.2, 0) is 0 Å². The third-order valence-corrected chi connectivity index (χ3v) is 2.86. The molecule has 0 aliphatic rings. The van der Waals surface area contributed by atoms with Gasteiger partial charge in [-0.05, 0) is 41.8 Å². The highest BCUT2D eigenvalue weighted by Gasteiger charge is 2.00. The van der Waals surface area contributed by atoms with Crippen LogP contribution in [0.5, 0.6) is 0 Å². The Bertz CT molecular complexity index is 562. The van der Waals surface area contributed by atoms with Crippen molar-refractivity contribution in [1.82, 2.24) is 0 Å². The summed E-state index contributed by atoms with van der Waals surface area (Å²) in [4.78, 5) is 0. The van der Waals surface area contributed by atoms with Crippen molar-refractivity contribution in [2.75, 3.05) is 5.32 Å². The minimum absolute atomic E-state index is 0.543. The van der Waals surface area contributed by atoms with Crippen LogP contribution in [0.3, 0.4) is 0 Å². The van der Waals surface area contributed by atoms with Crippen LogP contribution in [0, 0.1) is 11.3 Å². The molecule has 0 aliphatic heterocycles. The number of nitrogens with one attached hydrogen (secondary N) is 1. The molecule has 0 atom stereocenters. The Kier molecular flexibility index (Phi) is 3.64. The Morgan fingerprint density at radius 2 is 1.72 bits per heavy atom. The second-order valence-corrected chi connectivity index (χ2v) is 4.59. The van der Waals surface area contributed by atoms with Gasteiger partial charge in [0.2, 0.25) is 0 Å². The number of hydrogen-bond donors (Lipinski definition) is 1. The molecule has 0 heterocycles. The molecule has 2 aromatic rings. The van der Waals surface area contributed by atoms with E-state index >= 15 is 0 Å². The summed E-state index contributed by atoms with van der Waals surface area (Å²) >= 11 is 0. The van der Waals surface area contributed by atoms with E-state index in [0.717, 1.165) is 11.4 Å². The van der Waals surface area contributed by atoms with E-state index in [-0.39, 0.29) is 0 Å². The number of anilines is 2. The molecule has 90 valence electrons. The smallest absolute Gasteiger partial charge is 0.0992 e. The summed E-state index contributed by atoms with van der Waals surface area (Å²) in [5, 5.41) is 12.1. The summed E-state index contributed by atoms with van der Waals surface area (Å²) in [5.41, 5.74) is 3.96. The Hall–Kier alpha value is -2.27. The quantitative estimate of drug-likeness (QED) is 0.856. The normalized spacial score (nSPS) is 10.1. The number of benzene rings is 2. The van der Waals surface area contributed by atoms with Crippen molar-refractivity contribution in [2.45, 2.75) is 19.8 Å². The van der Waals surface area contributed by atoms with Gasteiger partial charge in [-0.15, -0.1) is 0 Å². The van der Waals surface area contributed by atoms with Gasteiger partial charge in [-0.1, -0.05) is 32.0 Å². The summed E-state index contributed by atoms with van der Waals surface area (Å²) in [5.74, 6) is 0.543. The lowest BCUT2D eigenvalue weighted by molar-refractivity contribution is 0.867. The van der Waals surface area contributed by atoms with E-state index in [0.29, 0.717) is 11.5 Å². The first kappa shape index (κ1) is 12.2. The molecule has 0 radical (unpaired) electrons. The lowest BCUT2D eigenvalue weighted by Crippen LogP contribution is -1.92. The van der Waals surface area contributed by atoms with Crippen LogP contribution < -0.4 is 5.32 Å². The molecular formula is C16H16N2. The Labute approximate surface area is 108 Å². The van der Waals surface area contributed by atoms with Gasteiger partial charge in [-0.25, -0.2) is 0 Å². The summed E-state index contributed by atoms with van der Waals surface area (Å²) in [6.07, 6.45) is 0. The highest BCUT2D eigenvalue weighted by Crippen LogP contribution is 2.21. The van der Waals surface area contributed by atoms with Crippen molar-refractivity contribution < 1.29 is 0 Å². The highest BCUT2D eigenvalue weighted by molar-refractivity contribution is 5.61. The van der Waals surface area contributed by atoms with Gasteiger partial charge in [0.1, 0.15) is 0 Å². The van der Waals surface area contributed by atoms with E-state index in [1.54, 1.807) is 6.07 Å². The molecule has 0 bridgehead atoms. The number of rotatable bonds is 3. The van der Waals surface area contributed by atoms with Crippen LogP contribution in [0.15, 0.2) is 48.5 Å². The summed E-state index contributed by atoms with van der Waals surface area (Å²) in [6, 6.07) is 18.0. The lowest BCUT2D eigenvalue weighted by Gasteiger charge is -2.09. The maximum absolute atomic E-state index is 8.85. The number of nitrogens with zero attached hydrogens (tertiary/aromatic N) is 1. The van der Waals surface area contributed by atoms with Crippen LogP contribution in [0.4, 0.5) is 11.4 Å². The lowest BCUT2D eigenvalue weighted by atomic mass is 10.0. The van der Waals surface area contributed by atoms with Crippen LogP contribution >= 0.6 is 0 Å². The fraction of sp³-hybridized carbons (Fsp3) is 0.188. The molecule has 0 fully saturated rings. The predicted octanol–water partition coefficient (Wildman–Crippen LogP) is 4.43. The summed E-state index contributed by atoms with van der Waals surface area (Å²) in [7, 11) is 0. The second-order valence-electron chi connectivity index (χ2n) is 4.59. The number of hydrogen-bond acceptors (Lipinski definition) is 2. The maximum atomic E-state index is 8.85. The first-order chi connectivity index (χ1) is 8.69. The Morgan fingerprint density at radius 3 is 2.33 bits per heavy atom.